The molecule has 54 heavy (non-hydrogen) atoms. The number of hydrogen-bond acceptors (Lipinski definition) is 5. The minimum Gasteiger partial charge on any atom is -0.308 e. The van der Waals surface area contributed by atoms with Crippen molar-refractivity contribution in [3.63, 3.8) is 0 Å². The summed E-state index contributed by atoms with van der Waals surface area (Å²) in [5.74, 6) is 1.95. The van der Waals surface area contributed by atoms with Crippen LogP contribution in [0, 0.1) is 0 Å². The molecule has 11 rings (SSSR count). The molecule has 0 fully saturated rings. The minimum atomic E-state index is -0.201. The molecule has 0 amide bonds. The van der Waals surface area contributed by atoms with Gasteiger partial charge in [0, 0.05) is 53.3 Å². The standard InChI is InChI=1S/C48H32N4S2/c1-48(2)37-21-10-9-20-33(37)34-24-25-35-36-26-27-40-44(54-39-23-12-11-22-38(39)53-40)43(36)52(42(35)41(34)48)32-19-13-18-31(28-32)47-50-45(29-14-5-3-6-15-29)49-46(51-47)30-16-7-4-8-17-30/h3-28H,1-2H3. The molecule has 0 atom stereocenters. The molecular weight excluding hydrogens is 697 g/mol. The van der Waals surface area contributed by atoms with Crippen molar-refractivity contribution in [1.82, 2.24) is 19.5 Å². The summed E-state index contributed by atoms with van der Waals surface area (Å²) in [7, 11) is 0. The van der Waals surface area contributed by atoms with E-state index in [4.69, 9.17) is 15.0 Å². The molecule has 1 aliphatic carbocycles. The van der Waals surface area contributed by atoms with E-state index in [1.807, 2.05) is 59.9 Å². The highest BCUT2D eigenvalue weighted by Gasteiger charge is 2.39. The number of hydrogen-bond donors (Lipinski definition) is 0. The Labute approximate surface area is 322 Å². The van der Waals surface area contributed by atoms with Gasteiger partial charge in [0.2, 0.25) is 0 Å². The molecule has 0 saturated carbocycles. The summed E-state index contributed by atoms with van der Waals surface area (Å²) in [5.41, 5.74) is 11.6. The van der Waals surface area contributed by atoms with Crippen molar-refractivity contribution in [1.29, 1.82) is 0 Å². The maximum atomic E-state index is 5.11. The molecule has 0 unspecified atom stereocenters. The first-order valence-corrected chi connectivity index (χ1v) is 19.8. The van der Waals surface area contributed by atoms with Gasteiger partial charge >= 0.3 is 0 Å². The van der Waals surface area contributed by atoms with Crippen molar-refractivity contribution in [3.8, 4) is 51.0 Å². The van der Waals surface area contributed by atoms with Crippen LogP contribution >= 0.6 is 23.5 Å². The van der Waals surface area contributed by atoms with Crippen molar-refractivity contribution >= 4 is 45.3 Å². The lowest BCUT2D eigenvalue weighted by Crippen LogP contribution is -2.16. The first-order chi connectivity index (χ1) is 26.5. The Morgan fingerprint density at radius 2 is 1.04 bits per heavy atom. The molecule has 3 heterocycles. The van der Waals surface area contributed by atoms with Crippen molar-refractivity contribution < 1.29 is 0 Å². The Kier molecular flexibility index (Phi) is 7.04. The van der Waals surface area contributed by atoms with Crippen molar-refractivity contribution in [2.24, 2.45) is 0 Å². The third kappa shape index (κ3) is 4.76. The highest BCUT2D eigenvalue weighted by molar-refractivity contribution is 8.05. The summed E-state index contributed by atoms with van der Waals surface area (Å²) in [6.45, 7) is 4.76. The zero-order valence-electron chi connectivity index (χ0n) is 29.6. The summed E-state index contributed by atoms with van der Waals surface area (Å²) < 4.78 is 2.54. The molecule has 256 valence electrons. The average molecular weight is 729 g/mol. The van der Waals surface area contributed by atoms with Crippen molar-refractivity contribution in [2.75, 3.05) is 0 Å². The Morgan fingerprint density at radius 1 is 0.463 bits per heavy atom. The fraction of sp³-hybridized carbons (Fsp3) is 0.0625. The van der Waals surface area contributed by atoms with Gasteiger partial charge in [0.15, 0.2) is 17.5 Å². The maximum Gasteiger partial charge on any atom is 0.164 e. The second-order valence-electron chi connectivity index (χ2n) is 14.4. The van der Waals surface area contributed by atoms with Gasteiger partial charge in [-0.15, -0.1) is 0 Å². The monoisotopic (exact) mass is 728 g/mol. The van der Waals surface area contributed by atoms with Crippen LogP contribution in [-0.4, -0.2) is 19.5 Å². The van der Waals surface area contributed by atoms with Gasteiger partial charge in [0.1, 0.15) is 0 Å². The Hall–Kier alpha value is -5.95. The molecule has 9 aromatic rings. The third-order valence-electron chi connectivity index (χ3n) is 10.9. The van der Waals surface area contributed by atoms with Crippen LogP contribution in [0.1, 0.15) is 25.0 Å². The lowest BCUT2D eigenvalue weighted by atomic mass is 9.81. The van der Waals surface area contributed by atoms with E-state index >= 15 is 0 Å². The molecule has 6 heteroatoms. The van der Waals surface area contributed by atoms with Crippen molar-refractivity contribution in [2.45, 2.75) is 38.8 Å². The molecular formula is C48H32N4S2. The molecule has 1 aliphatic heterocycles. The fourth-order valence-electron chi connectivity index (χ4n) is 8.41. The second-order valence-corrected chi connectivity index (χ2v) is 16.6. The van der Waals surface area contributed by atoms with E-state index in [9.17, 15) is 0 Å². The van der Waals surface area contributed by atoms with E-state index < -0.39 is 0 Å². The highest BCUT2D eigenvalue weighted by atomic mass is 32.2. The van der Waals surface area contributed by atoms with Gasteiger partial charge in [0.25, 0.3) is 0 Å². The Morgan fingerprint density at radius 3 is 1.76 bits per heavy atom. The third-order valence-corrected chi connectivity index (χ3v) is 13.5. The number of benzene rings is 7. The van der Waals surface area contributed by atoms with Crippen LogP contribution in [0.5, 0.6) is 0 Å². The number of fused-ring (bicyclic) bond motifs is 10. The largest absolute Gasteiger partial charge is 0.308 e. The van der Waals surface area contributed by atoms with Gasteiger partial charge in [-0.25, -0.2) is 15.0 Å². The predicted molar refractivity (Wildman–Crippen MR) is 223 cm³/mol. The van der Waals surface area contributed by atoms with Crippen LogP contribution in [0.15, 0.2) is 177 Å². The number of rotatable bonds is 4. The normalized spacial score (nSPS) is 13.7. The van der Waals surface area contributed by atoms with E-state index in [1.54, 1.807) is 0 Å². The van der Waals surface area contributed by atoms with E-state index in [0.717, 1.165) is 22.4 Å². The first-order valence-electron chi connectivity index (χ1n) is 18.2. The smallest absolute Gasteiger partial charge is 0.164 e. The van der Waals surface area contributed by atoms with Gasteiger partial charge in [-0.1, -0.05) is 165 Å². The highest BCUT2D eigenvalue weighted by Crippen LogP contribution is 2.56. The van der Waals surface area contributed by atoms with Gasteiger partial charge in [-0.05, 0) is 52.6 Å². The number of nitrogens with zero attached hydrogens (tertiary/aromatic N) is 4. The molecule has 2 aromatic heterocycles. The van der Waals surface area contributed by atoms with Crippen molar-refractivity contribution in [3.05, 3.63) is 169 Å². The van der Waals surface area contributed by atoms with E-state index in [1.165, 1.54) is 63.6 Å². The van der Waals surface area contributed by atoms with Crippen LogP contribution < -0.4 is 0 Å². The lowest BCUT2D eigenvalue weighted by Gasteiger charge is -2.24. The maximum absolute atomic E-state index is 5.11. The van der Waals surface area contributed by atoms with Gasteiger partial charge in [-0.3, -0.25) is 0 Å². The van der Waals surface area contributed by atoms with E-state index in [-0.39, 0.29) is 5.41 Å². The Balaban J connectivity index is 1.20. The predicted octanol–water partition coefficient (Wildman–Crippen LogP) is 12.9. The summed E-state index contributed by atoms with van der Waals surface area (Å²) >= 11 is 3.75. The van der Waals surface area contributed by atoms with E-state index in [2.05, 4.69) is 140 Å². The SMILES string of the molecule is CC1(C)c2ccccc2-c2ccc3c4ccc5c(c4n(-c4cccc(-c6nc(-c7ccccc7)nc(-c7ccccc7)n6)c4)c3c21)Sc1ccccc1S5. The topological polar surface area (TPSA) is 43.6 Å². The molecule has 7 aromatic carbocycles. The zero-order chi connectivity index (χ0) is 36.0. The summed E-state index contributed by atoms with van der Waals surface area (Å²) in [5, 5.41) is 2.52. The van der Waals surface area contributed by atoms with Crippen LogP contribution in [0.3, 0.4) is 0 Å². The summed E-state index contributed by atoms with van der Waals surface area (Å²) in [6.07, 6.45) is 0. The molecule has 0 N–H and O–H groups in total. The number of aromatic nitrogens is 4. The molecule has 0 saturated heterocycles. The van der Waals surface area contributed by atoms with Crippen LogP contribution in [-0.2, 0) is 5.41 Å². The second kappa shape index (κ2) is 12.0. The fourth-order valence-corrected chi connectivity index (χ4v) is 10.8. The Bertz CT molecular complexity index is 2910. The minimum absolute atomic E-state index is 0.201. The first kappa shape index (κ1) is 31.6. The van der Waals surface area contributed by atoms with Crippen LogP contribution in [0.4, 0.5) is 0 Å². The van der Waals surface area contributed by atoms with Crippen LogP contribution in [0.2, 0.25) is 0 Å². The average Bonchev–Trinajstić information content (AvgIpc) is 3.69. The molecule has 0 bridgehead atoms. The van der Waals surface area contributed by atoms with Crippen LogP contribution in [0.25, 0.3) is 72.8 Å². The lowest BCUT2D eigenvalue weighted by molar-refractivity contribution is 0.664. The quantitative estimate of drug-likeness (QED) is 0.180. The molecule has 0 radical (unpaired) electrons. The summed E-state index contributed by atoms with van der Waals surface area (Å²) in [4.78, 5) is 20.3. The molecule has 4 nitrogen and oxygen atoms in total. The zero-order valence-corrected chi connectivity index (χ0v) is 31.2. The molecule has 2 aliphatic rings. The van der Waals surface area contributed by atoms with E-state index in [0.29, 0.717) is 17.5 Å². The van der Waals surface area contributed by atoms with Gasteiger partial charge in [-0.2, -0.15) is 0 Å². The molecule has 0 spiro atoms. The van der Waals surface area contributed by atoms with Gasteiger partial charge < -0.3 is 4.57 Å². The summed E-state index contributed by atoms with van der Waals surface area (Å²) in [6, 6.07) is 56.2. The van der Waals surface area contributed by atoms with Gasteiger partial charge in [0.05, 0.1) is 15.9 Å².